The van der Waals surface area contributed by atoms with Gasteiger partial charge in [0.1, 0.15) is 11.6 Å². The summed E-state index contributed by atoms with van der Waals surface area (Å²) in [5.41, 5.74) is 4.57. The van der Waals surface area contributed by atoms with Gasteiger partial charge in [-0.15, -0.1) is 0 Å². The van der Waals surface area contributed by atoms with Crippen LogP contribution in [0.1, 0.15) is 35.2 Å². The molecule has 0 radical (unpaired) electrons. The van der Waals surface area contributed by atoms with Crippen molar-refractivity contribution < 1.29 is 9.13 Å². The maximum Gasteiger partial charge on any atom is 0.123 e. The molecule has 0 bridgehead atoms. The van der Waals surface area contributed by atoms with Crippen molar-refractivity contribution in [3.8, 4) is 5.75 Å². The Balaban J connectivity index is 2.11. The molecule has 0 aliphatic carbocycles. The van der Waals surface area contributed by atoms with Gasteiger partial charge < -0.3 is 10.1 Å². The maximum absolute atomic E-state index is 13.4. The van der Waals surface area contributed by atoms with Crippen LogP contribution in [0.15, 0.2) is 36.4 Å². The van der Waals surface area contributed by atoms with Crippen LogP contribution in [0.3, 0.4) is 0 Å². The Labute approximate surface area is 126 Å². The standard InChI is InChI=1S/C18H22FNO/c1-12-7-13(2)9-15(8-12)11-20-14(3)17-10-16(19)5-6-18(17)21-4/h5-10,14,20H,11H2,1-4H3. The van der Waals surface area contributed by atoms with E-state index in [4.69, 9.17) is 4.74 Å². The van der Waals surface area contributed by atoms with Gasteiger partial charge in [0.05, 0.1) is 7.11 Å². The zero-order valence-corrected chi connectivity index (χ0v) is 13.0. The third-order valence-electron chi connectivity index (χ3n) is 3.55. The second kappa shape index (κ2) is 6.72. The van der Waals surface area contributed by atoms with Crippen LogP contribution in [0.2, 0.25) is 0 Å². The first-order chi connectivity index (χ1) is 9.99. The highest BCUT2D eigenvalue weighted by molar-refractivity contribution is 5.36. The van der Waals surface area contributed by atoms with Crippen LogP contribution in [-0.2, 0) is 6.54 Å². The van der Waals surface area contributed by atoms with Gasteiger partial charge in [0.25, 0.3) is 0 Å². The molecule has 2 nitrogen and oxygen atoms in total. The second-order valence-electron chi connectivity index (χ2n) is 5.48. The fraction of sp³-hybridized carbons (Fsp3) is 0.333. The largest absolute Gasteiger partial charge is 0.496 e. The summed E-state index contributed by atoms with van der Waals surface area (Å²) in [4.78, 5) is 0. The molecule has 0 aromatic heterocycles. The molecule has 0 amide bonds. The number of hydrogen-bond donors (Lipinski definition) is 1. The highest BCUT2D eigenvalue weighted by Gasteiger charge is 2.12. The average Bonchev–Trinajstić information content (AvgIpc) is 2.43. The maximum atomic E-state index is 13.4. The first-order valence-corrected chi connectivity index (χ1v) is 7.13. The van der Waals surface area contributed by atoms with E-state index in [1.165, 1.54) is 28.8 Å². The topological polar surface area (TPSA) is 21.3 Å². The molecule has 2 aromatic carbocycles. The number of aryl methyl sites for hydroxylation is 2. The molecule has 0 spiro atoms. The Bertz CT molecular complexity index is 604. The lowest BCUT2D eigenvalue weighted by Crippen LogP contribution is -2.19. The molecule has 0 fully saturated rings. The summed E-state index contributed by atoms with van der Waals surface area (Å²) in [6.07, 6.45) is 0. The average molecular weight is 287 g/mol. The van der Waals surface area contributed by atoms with Crippen molar-refractivity contribution in [3.05, 3.63) is 64.5 Å². The predicted octanol–water partition coefficient (Wildman–Crippen LogP) is 4.30. The molecule has 1 N–H and O–H groups in total. The summed E-state index contributed by atoms with van der Waals surface area (Å²) >= 11 is 0. The Morgan fingerprint density at radius 1 is 1.10 bits per heavy atom. The minimum atomic E-state index is -0.245. The van der Waals surface area contributed by atoms with E-state index in [1.807, 2.05) is 6.92 Å². The Kier molecular flexibility index (Phi) is 4.97. The van der Waals surface area contributed by atoms with E-state index in [2.05, 4.69) is 37.4 Å². The van der Waals surface area contributed by atoms with Crippen molar-refractivity contribution in [1.82, 2.24) is 5.32 Å². The zero-order chi connectivity index (χ0) is 15.4. The smallest absolute Gasteiger partial charge is 0.123 e. The summed E-state index contributed by atoms with van der Waals surface area (Å²) in [7, 11) is 1.60. The lowest BCUT2D eigenvalue weighted by molar-refractivity contribution is 0.399. The van der Waals surface area contributed by atoms with Crippen LogP contribution in [0.4, 0.5) is 4.39 Å². The molecule has 1 atom stereocenters. The highest BCUT2D eigenvalue weighted by Crippen LogP contribution is 2.26. The Morgan fingerprint density at radius 3 is 2.38 bits per heavy atom. The van der Waals surface area contributed by atoms with Gasteiger partial charge in [-0.05, 0) is 44.5 Å². The minimum absolute atomic E-state index is 0.0106. The van der Waals surface area contributed by atoms with Gasteiger partial charge in [-0.25, -0.2) is 4.39 Å². The van der Waals surface area contributed by atoms with Crippen molar-refractivity contribution in [2.24, 2.45) is 0 Å². The van der Waals surface area contributed by atoms with Crippen LogP contribution in [0.5, 0.6) is 5.75 Å². The molecular weight excluding hydrogens is 265 g/mol. The van der Waals surface area contributed by atoms with Crippen LogP contribution in [0.25, 0.3) is 0 Å². The molecule has 3 heteroatoms. The van der Waals surface area contributed by atoms with E-state index in [0.717, 1.165) is 12.1 Å². The molecule has 0 aliphatic heterocycles. The minimum Gasteiger partial charge on any atom is -0.496 e. The first-order valence-electron chi connectivity index (χ1n) is 7.13. The lowest BCUT2D eigenvalue weighted by atomic mass is 10.0. The molecule has 21 heavy (non-hydrogen) atoms. The van der Waals surface area contributed by atoms with E-state index in [-0.39, 0.29) is 11.9 Å². The third-order valence-corrected chi connectivity index (χ3v) is 3.55. The van der Waals surface area contributed by atoms with Gasteiger partial charge in [0.2, 0.25) is 0 Å². The van der Waals surface area contributed by atoms with Gasteiger partial charge in [0.15, 0.2) is 0 Å². The molecular formula is C18H22FNO. The number of nitrogens with one attached hydrogen (secondary N) is 1. The van der Waals surface area contributed by atoms with Crippen molar-refractivity contribution in [2.45, 2.75) is 33.4 Å². The Morgan fingerprint density at radius 2 is 1.76 bits per heavy atom. The monoisotopic (exact) mass is 287 g/mol. The number of rotatable bonds is 5. The fourth-order valence-electron chi connectivity index (χ4n) is 2.60. The van der Waals surface area contributed by atoms with Gasteiger partial charge >= 0.3 is 0 Å². The van der Waals surface area contributed by atoms with E-state index in [0.29, 0.717) is 5.75 Å². The quantitative estimate of drug-likeness (QED) is 0.885. The van der Waals surface area contributed by atoms with Gasteiger partial charge in [-0.3, -0.25) is 0 Å². The fourth-order valence-corrected chi connectivity index (χ4v) is 2.60. The van der Waals surface area contributed by atoms with E-state index in [9.17, 15) is 4.39 Å². The SMILES string of the molecule is COc1ccc(F)cc1C(C)NCc1cc(C)cc(C)c1. The summed E-state index contributed by atoms with van der Waals surface area (Å²) < 4.78 is 18.7. The number of hydrogen-bond acceptors (Lipinski definition) is 2. The van der Waals surface area contributed by atoms with Crippen molar-refractivity contribution in [2.75, 3.05) is 7.11 Å². The summed E-state index contributed by atoms with van der Waals surface area (Å²) in [6, 6.07) is 11.1. The highest BCUT2D eigenvalue weighted by atomic mass is 19.1. The molecule has 0 aliphatic rings. The van der Waals surface area contributed by atoms with Crippen LogP contribution >= 0.6 is 0 Å². The predicted molar refractivity (Wildman–Crippen MR) is 84.1 cm³/mol. The molecule has 0 saturated heterocycles. The third kappa shape index (κ3) is 4.05. The van der Waals surface area contributed by atoms with Crippen molar-refractivity contribution in [1.29, 1.82) is 0 Å². The first kappa shape index (κ1) is 15.5. The van der Waals surface area contributed by atoms with Gasteiger partial charge in [-0.1, -0.05) is 29.3 Å². The molecule has 1 unspecified atom stereocenters. The van der Waals surface area contributed by atoms with Gasteiger partial charge in [0, 0.05) is 18.2 Å². The van der Waals surface area contributed by atoms with Gasteiger partial charge in [-0.2, -0.15) is 0 Å². The van der Waals surface area contributed by atoms with Crippen molar-refractivity contribution in [3.63, 3.8) is 0 Å². The number of methoxy groups -OCH3 is 1. The molecule has 112 valence electrons. The molecule has 2 rings (SSSR count). The number of halogens is 1. The summed E-state index contributed by atoms with van der Waals surface area (Å²) in [5.74, 6) is 0.461. The Hall–Kier alpha value is -1.87. The molecule has 2 aromatic rings. The normalized spacial score (nSPS) is 12.2. The molecule has 0 saturated carbocycles. The lowest BCUT2D eigenvalue weighted by Gasteiger charge is -2.18. The van der Waals surface area contributed by atoms with Crippen LogP contribution < -0.4 is 10.1 Å². The number of ether oxygens (including phenoxy) is 1. The van der Waals surface area contributed by atoms with E-state index >= 15 is 0 Å². The molecule has 0 heterocycles. The number of benzene rings is 2. The summed E-state index contributed by atoms with van der Waals surface area (Å²) in [5, 5.41) is 3.42. The van der Waals surface area contributed by atoms with E-state index in [1.54, 1.807) is 13.2 Å². The van der Waals surface area contributed by atoms with E-state index < -0.39 is 0 Å². The van der Waals surface area contributed by atoms with Crippen LogP contribution in [-0.4, -0.2) is 7.11 Å². The van der Waals surface area contributed by atoms with Crippen molar-refractivity contribution >= 4 is 0 Å². The van der Waals surface area contributed by atoms with Crippen LogP contribution in [0, 0.1) is 19.7 Å². The second-order valence-corrected chi connectivity index (χ2v) is 5.48. The zero-order valence-electron chi connectivity index (χ0n) is 13.0. The summed E-state index contributed by atoms with van der Waals surface area (Å²) in [6.45, 7) is 6.94.